The highest BCUT2D eigenvalue weighted by molar-refractivity contribution is 5.90. The van der Waals surface area contributed by atoms with Crippen molar-refractivity contribution < 1.29 is 13.9 Å². The molecule has 1 amide bonds. The molecule has 21 heavy (non-hydrogen) atoms. The lowest BCUT2D eigenvalue weighted by Crippen LogP contribution is -2.36. The predicted molar refractivity (Wildman–Crippen MR) is 76.6 cm³/mol. The van der Waals surface area contributed by atoms with Crippen molar-refractivity contribution in [3.63, 3.8) is 0 Å². The Kier molecular flexibility index (Phi) is 4.92. The third kappa shape index (κ3) is 4.05. The lowest BCUT2D eigenvalue weighted by atomic mass is 10.2. The SMILES string of the molecule is CC[C@@H](CNC(=O)c1nccn1C)Oc1cccc(F)c1. The summed E-state index contributed by atoms with van der Waals surface area (Å²) in [6.07, 6.45) is 3.73. The van der Waals surface area contributed by atoms with Crippen LogP contribution in [0.15, 0.2) is 36.7 Å². The van der Waals surface area contributed by atoms with E-state index in [4.69, 9.17) is 4.74 Å². The summed E-state index contributed by atoms with van der Waals surface area (Å²) < 4.78 is 20.4. The molecule has 0 unspecified atom stereocenters. The van der Waals surface area contributed by atoms with Crippen molar-refractivity contribution >= 4 is 5.91 Å². The highest BCUT2D eigenvalue weighted by Gasteiger charge is 2.14. The van der Waals surface area contributed by atoms with E-state index in [-0.39, 0.29) is 17.8 Å². The molecular formula is C15H18FN3O2. The molecule has 0 aliphatic heterocycles. The maximum Gasteiger partial charge on any atom is 0.287 e. The van der Waals surface area contributed by atoms with Crippen molar-refractivity contribution in [1.29, 1.82) is 0 Å². The zero-order chi connectivity index (χ0) is 15.2. The maximum atomic E-state index is 13.1. The number of aryl methyl sites for hydroxylation is 1. The molecule has 1 heterocycles. The first-order valence-corrected chi connectivity index (χ1v) is 6.78. The molecule has 1 N–H and O–H groups in total. The Balaban J connectivity index is 1.91. The number of aromatic nitrogens is 2. The second-order valence-corrected chi connectivity index (χ2v) is 4.68. The quantitative estimate of drug-likeness (QED) is 0.887. The molecule has 5 nitrogen and oxygen atoms in total. The van der Waals surface area contributed by atoms with E-state index in [0.29, 0.717) is 24.5 Å². The number of ether oxygens (including phenoxy) is 1. The van der Waals surface area contributed by atoms with Gasteiger partial charge in [-0.2, -0.15) is 0 Å². The van der Waals surface area contributed by atoms with Crippen molar-refractivity contribution in [2.45, 2.75) is 19.4 Å². The summed E-state index contributed by atoms with van der Waals surface area (Å²) in [7, 11) is 1.75. The zero-order valence-electron chi connectivity index (χ0n) is 12.0. The summed E-state index contributed by atoms with van der Waals surface area (Å²) in [4.78, 5) is 15.9. The second-order valence-electron chi connectivity index (χ2n) is 4.68. The molecule has 0 aliphatic carbocycles. The first-order chi connectivity index (χ1) is 10.1. The van der Waals surface area contributed by atoms with Crippen LogP contribution in [0.25, 0.3) is 0 Å². The number of carbonyl (C=O) groups is 1. The number of nitrogens with zero attached hydrogens (tertiary/aromatic N) is 2. The highest BCUT2D eigenvalue weighted by atomic mass is 19.1. The normalized spacial score (nSPS) is 12.0. The van der Waals surface area contributed by atoms with Crippen molar-refractivity contribution in [2.24, 2.45) is 7.05 Å². The molecule has 1 atom stereocenters. The van der Waals surface area contributed by atoms with Crippen LogP contribution in [0.2, 0.25) is 0 Å². The number of carbonyl (C=O) groups excluding carboxylic acids is 1. The molecule has 112 valence electrons. The standard InChI is InChI=1S/C15H18FN3O2/c1-3-12(21-13-6-4-5-11(16)9-13)10-18-15(20)14-17-7-8-19(14)2/h4-9,12H,3,10H2,1-2H3,(H,18,20)/t12-/m0/s1. The van der Waals surface area contributed by atoms with Crippen LogP contribution < -0.4 is 10.1 Å². The molecule has 0 aliphatic rings. The number of benzene rings is 1. The molecule has 0 radical (unpaired) electrons. The van der Waals surface area contributed by atoms with Gasteiger partial charge < -0.3 is 14.6 Å². The van der Waals surface area contributed by atoms with Crippen molar-refractivity contribution in [3.05, 3.63) is 48.3 Å². The van der Waals surface area contributed by atoms with Gasteiger partial charge in [-0.1, -0.05) is 13.0 Å². The molecule has 6 heteroatoms. The number of halogens is 1. The smallest absolute Gasteiger partial charge is 0.287 e. The minimum absolute atomic E-state index is 0.226. The molecule has 0 fully saturated rings. The summed E-state index contributed by atoms with van der Waals surface area (Å²) >= 11 is 0. The van der Waals surface area contributed by atoms with E-state index in [1.54, 1.807) is 36.1 Å². The van der Waals surface area contributed by atoms with E-state index in [0.717, 1.165) is 0 Å². The molecule has 0 saturated heterocycles. The minimum atomic E-state index is -0.348. The van der Waals surface area contributed by atoms with E-state index in [1.165, 1.54) is 12.1 Å². The number of rotatable bonds is 6. The van der Waals surface area contributed by atoms with Gasteiger partial charge >= 0.3 is 0 Å². The summed E-state index contributed by atoms with van der Waals surface area (Å²) in [6, 6.07) is 5.95. The molecule has 0 spiro atoms. The van der Waals surface area contributed by atoms with Gasteiger partial charge in [-0.05, 0) is 18.6 Å². The Hall–Kier alpha value is -2.37. The highest BCUT2D eigenvalue weighted by Crippen LogP contribution is 2.14. The second kappa shape index (κ2) is 6.88. The van der Waals surface area contributed by atoms with Crippen LogP contribution in [0.1, 0.15) is 24.0 Å². The monoisotopic (exact) mass is 291 g/mol. The van der Waals surface area contributed by atoms with E-state index in [9.17, 15) is 9.18 Å². The molecule has 1 aromatic carbocycles. The Morgan fingerprint density at radius 1 is 1.52 bits per heavy atom. The molecule has 2 aromatic rings. The lowest BCUT2D eigenvalue weighted by molar-refractivity contribution is 0.0912. The fourth-order valence-corrected chi connectivity index (χ4v) is 1.87. The van der Waals surface area contributed by atoms with Gasteiger partial charge in [0.25, 0.3) is 5.91 Å². The summed E-state index contributed by atoms with van der Waals surface area (Å²) in [6.45, 7) is 2.27. The van der Waals surface area contributed by atoms with Gasteiger partial charge in [0.1, 0.15) is 17.7 Å². The van der Waals surface area contributed by atoms with E-state index < -0.39 is 0 Å². The summed E-state index contributed by atoms with van der Waals surface area (Å²) in [5, 5.41) is 2.77. The van der Waals surface area contributed by atoms with E-state index in [1.807, 2.05) is 6.92 Å². The minimum Gasteiger partial charge on any atom is -0.489 e. The van der Waals surface area contributed by atoms with Gasteiger partial charge in [0.05, 0.1) is 6.54 Å². The van der Waals surface area contributed by atoms with Gasteiger partial charge in [-0.25, -0.2) is 9.37 Å². The van der Waals surface area contributed by atoms with Crippen LogP contribution in [-0.2, 0) is 7.05 Å². The third-order valence-electron chi connectivity index (χ3n) is 3.07. The average Bonchev–Trinajstić information content (AvgIpc) is 2.89. The first-order valence-electron chi connectivity index (χ1n) is 6.78. The van der Waals surface area contributed by atoms with Crippen LogP contribution in [0.3, 0.4) is 0 Å². The summed E-state index contributed by atoms with van der Waals surface area (Å²) in [5.74, 6) is 0.187. The largest absolute Gasteiger partial charge is 0.489 e. The van der Waals surface area contributed by atoms with E-state index in [2.05, 4.69) is 10.3 Å². The molecule has 0 bridgehead atoms. The molecule has 1 aromatic heterocycles. The predicted octanol–water partition coefficient (Wildman–Crippen LogP) is 2.15. The molecule has 2 rings (SSSR count). The number of amides is 1. The number of hydrogen-bond donors (Lipinski definition) is 1. The van der Waals surface area contributed by atoms with Crippen LogP contribution in [0.4, 0.5) is 4.39 Å². The van der Waals surface area contributed by atoms with Crippen molar-refractivity contribution in [3.8, 4) is 5.75 Å². The van der Waals surface area contributed by atoms with Crippen molar-refractivity contribution in [1.82, 2.24) is 14.9 Å². The van der Waals surface area contributed by atoms with E-state index >= 15 is 0 Å². The number of hydrogen-bond acceptors (Lipinski definition) is 3. The summed E-state index contributed by atoms with van der Waals surface area (Å²) in [5.41, 5.74) is 0. The van der Waals surface area contributed by atoms with Gasteiger partial charge in [0.2, 0.25) is 0 Å². The zero-order valence-corrected chi connectivity index (χ0v) is 12.0. The van der Waals surface area contributed by atoms with Gasteiger partial charge in [0, 0.05) is 25.5 Å². The topological polar surface area (TPSA) is 56.2 Å². The Morgan fingerprint density at radius 3 is 2.95 bits per heavy atom. The van der Waals surface area contributed by atoms with Crippen LogP contribution in [0, 0.1) is 5.82 Å². The Morgan fingerprint density at radius 2 is 2.33 bits per heavy atom. The lowest BCUT2D eigenvalue weighted by Gasteiger charge is -2.18. The number of nitrogens with one attached hydrogen (secondary N) is 1. The van der Waals surface area contributed by atoms with Crippen LogP contribution in [-0.4, -0.2) is 28.1 Å². The maximum absolute atomic E-state index is 13.1. The van der Waals surface area contributed by atoms with Crippen LogP contribution >= 0.6 is 0 Å². The average molecular weight is 291 g/mol. The third-order valence-corrected chi connectivity index (χ3v) is 3.07. The molecular weight excluding hydrogens is 273 g/mol. The first kappa shape index (κ1) is 15.0. The van der Waals surface area contributed by atoms with Crippen molar-refractivity contribution in [2.75, 3.05) is 6.54 Å². The molecule has 0 saturated carbocycles. The Labute approximate surface area is 122 Å². The van der Waals surface area contributed by atoms with Crippen LogP contribution in [0.5, 0.6) is 5.75 Å². The van der Waals surface area contributed by atoms with Gasteiger partial charge in [-0.3, -0.25) is 4.79 Å². The van der Waals surface area contributed by atoms with Gasteiger partial charge in [0.15, 0.2) is 5.82 Å². The fraction of sp³-hybridized carbons (Fsp3) is 0.333. The number of imidazole rings is 1. The fourth-order valence-electron chi connectivity index (χ4n) is 1.87. The van der Waals surface area contributed by atoms with Gasteiger partial charge in [-0.15, -0.1) is 0 Å². The Bertz CT molecular complexity index is 612.